The number of anilines is 1. The predicted molar refractivity (Wildman–Crippen MR) is 114 cm³/mol. The summed E-state index contributed by atoms with van der Waals surface area (Å²) in [6, 6.07) is 16.7. The van der Waals surface area contributed by atoms with Gasteiger partial charge < -0.3 is 10.1 Å². The topological polar surface area (TPSA) is 72.5 Å². The van der Waals surface area contributed by atoms with E-state index < -0.39 is 11.9 Å². The third kappa shape index (κ3) is 4.16. The van der Waals surface area contributed by atoms with E-state index in [0.29, 0.717) is 11.3 Å². The summed E-state index contributed by atoms with van der Waals surface area (Å²) in [6.07, 6.45) is 3.74. The summed E-state index contributed by atoms with van der Waals surface area (Å²) in [7, 11) is 0. The first-order valence-corrected chi connectivity index (χ1v) is 10.7. The highest BCUT2D eigenvalue weighted by atomic mass is 16.5. The van der Waals surface area contributed by atoms with E-state index >= 15 is 0 Å². The van der Waals surface area contributed by atoms with Gasteiger partial charge in [-0.2, -0.15) is 0 Å². The number of carbonyl (C=O) groups excluding carboxylic acids is 3. The minimum atomic E-state index is -0.451. The number of benzene rings is 2. The predicted octanol–water partition coefficient (Wildman–Crippen LogP) is 4.28. The third-order valence-corrected chi connectivity index (χ3v) is 6.54. The Morgan fingerprint density at radius 2 is 1.60 bits per heavy atom. The molecule has 4 rings (SSSR count). The highest BCUT2D eigenvalue weighted by molar-refractivity contribution is 6.01. The van der Waals surface area contributed by atoms with Crippen molar-refractivity contribution in [3.63, 3.8) is 0 Å². The van der Waals surface area contributed by atoms with Crippen LogP contribution in [0.1, 0.15) is 42.1 Å². The molecule has 5 heteroatoms. The van der Waals surface area contributed by atoms with Crippen molar-refractivity contribution >= 4 is 23.3 Å². The van der Waals surface area contributed by atoms with Crippen LogP contribution in [-0.4, -0.2) is 24.3 Å². The highest BCUT2D eigenvalue weighted by Gasteiger charge is 2.54. The normalized spacial score (nSPS) is 24.4. The Morgan fingerprint density at radius 1 is 0.933 bits per heavy atom. The van der Waals surface area contributed by atoms with E-state index in [2.05, 4.69) is 12.2 Å². The van der Waals surface area contributed by atoms with Crippen molar-refractivity contribution < 1.29 is 19.1 Å². The van der Waals surface area contributed by atoms with Crippen molar-refractivity contribution in [2.24, 2.45) is 23.7 Å². The second-order valence-corrected chi connectivity index (χ2v) is 8.32. The summed E-state index contributed by atoms with van der Waals surface area (Å²) < 4.78 is 5.37. The maximum Gasteiger partial charge on any atom is 0.310 e. The zero-order chi connectivity index (χ0) is 21.1. The number of nitrogens with one attached hydrogen (secondary N) is 1. The molecule has 2 aromatic rings. The van der Waals surface area contributed by atoms with E-state index in [1.54, 1.807) is 12.1 Å². The number of esters is 1. The Morgan fingerprint density at radius 3 is 2.27 bits per heavy atom. The molecule has 2 saturated carbocycles. The van der Waals surface area contributed by atoms with E-state index in [1.165, 1.54) is 5.56 Å². The molecule has 156 valence electrons. The number of Topliss-reactive ketones (excluding diaryl/α,β-unsaturated/α-hetero) is 1. The molecular weight excluding hydrogens is 378 g/mol. The minimum absolute atomic E-state index is 0.0187. The molecule has 2 bridgehead atoms. The van der Waals surface area contributed by atoms with Gasteiger partial charge >= 0.3 is 5.97 Å². The lowest BCUT2D eigenvalue weighted by Crippen LogP contribution is -2.37. The molecule has 5 nitrogen and oxygen atoms in total. The zero-order valence-electron chi connectivity index (χ0n) is 17.2. The van der Waals surface area contributed by atoms with Crippen LogP contribution in [0.4, 0.5) is 5.69 Å². The van der Waals surface area contributed by atoms with Crippen molar-refractivity contribution in [2.45, 2.75) is 32.6 Å². The molecule has 0 aliphatic heterocycles. The average molecular weight is 405 g/mol. The minimum Gasteiger partial charge on any atom is -0.455 e. The average Bonchev–Trinajstić information content (AvgIpc) is 3.40. The number of fused-ring (bicyclic) bond motifs is 2. The summed E-state index contributed by atoms with van der Waals surface area (Å²) in [4.78, 5) is 38.2. The van der Waals surface area contributed by atoms with Crippen LogP contribution >= 0.6 is 0 Å². The second kappa shape index (κ2) is 8.82. The number of rotatable bonds is 7. The summed E-state index contributed by atoms with van der Waals surface area (Å²) in [5.41, 5.74) is 2.50. The van der Waals surface area contributed by atoms with Gasteiger partial charge in [0.1, 0.15) is 0 Å². The van der Waals surface area contributed by atoms with Gasteiger partial charge in [-0.3, -0.25) is 14.4 Å². The number of carbonyl (C=O) groups is 3. The Hall–Kier alpha value is -2.95. The highest BCUT2D eigenvalue weighted by Crippen LogP contribution is 2.53. The molecule has 2 aromatic carbocycles. The molecule has 30 heavy (non-hydrogen) atoms. The molecule has 1 N–H and O–H groups in total. The molecule has 0 unspecified atom stereocenters. The Kier molecular flexibility index (Phi) is 5.98. The van der Waals surface area contributed by atoms with E-state index in [-0.39, 0.29) is 36.1 Å². The SMILES string of the molecule is CCc1ccc(NC(=O)COC(=O)[C@@H]2[C@@H]3CC[C@@H](C3)[C@@H]2C(=O)c2ccccc2)cc1. The van der Waals surface area contributed by atoms with Gasteiger partial charge in [0.2, 0.25) is 0 Å². The van der Waals surface area contributed by atoms with Crippen LogP contribution < -0.4 is 5.32 Å². The summed E-state index contributed by atoms with van der Waals surface area (Å²) in [6.45, 7) is 1.73. The van der Waals surface area contributed by atoms with Gasteiger partial charge in [0.15, 0.2) is 12.4 Å². The quantitative estimate of drug-likeness (QED) is 0.551. The van der Waals surface area contributed by atoms with Crippen LogP contribution in [0, 0.1) is 23.7 Å². The fourth-order valence-corrected chi connectivity index (χ4v) is 5.06. The molecule has 0 radical (unpaired) electrons. The van der Waals surface area contributed by atoms with Gasteiger partial charge in [0.25, 0.3) is 5.91 Å². The third-order valence-electron chi connectivity index (χ3n) is 6.54. The molecule has 1 amide bonds. The number of aryl methyl sites for hydroxylation is 1. The molecule has 0 aromatic heterocycles. The standard InChI is InChI=1S/C25H27NO4/c1-2-16-8-12-20(13-9-16)26-21(27)15-30-25(29)23-19-11-10-18(14-19)22(23)24(28)17-6-4-3-5-7-17/h3-9,12-13,18-19,22-23H,2,10-11,14-15H2,1H3,(H,26,27)/t18-,19+,22-,23+/m0/s1. The van der Waals surface area contributed by atoms with Crippen LogP contribution in [0.2, 0.25) is 0 Å². The van der Waals surface area contributed by atoms with Crippen LogP contribution in [-0.2, 0) is 20.7 Å². The lowest BCUT2D eigenvalue weighted by Gasteiger charge is -2.28. The fraction of sp³-hybridized carbons (Fsp3) is 0.400. The van der Waals surface area contributed by atoms with E-state index in [0.717, 1.165) is 25.7 Å². The van der Waals surface area contributed by atoms with Crippen molar-refractivity contribution in [3.8, 4) is 0 Å². The zero-order valence-corrected chi connectivity index (χ0v) is 17.2. The maximum atomic E-state index is 13.1. The van der Waals surface area contributed by atoms with Gasteiger partial charge in [-0.1, -0.05) is 49.4 Å². The first-order chi connectivity index (χ1) is 14.6. The van der Waals surface area contributed by atoms with Gasteiger partial charge in [-0.05, 0) is 55.2 Å². The molecule has 0 saturated heterocycles. The lowest BCUT2D eigenvalue weighted by atomic mass is 9.75. The molecule has 0 heterocycles. The monoisotopic (exact) mass is 405 g/mol. The largest absolute Gasteiger partial charge is 0.455 e. The van der Waals surface area contributed by atoms with Crippen LogP contribution in [0.5, 0.6) is 0 Å². The molecule has 0 spiro atoms. The van der Waals surface area contributed by atoms with Crippen LogP contribution in [0.15, 0.2) is 54.6 Å². The van der Waals surface area contributed by atoms with Gasteiger partial charge in [0.05, 0.1) is 5.92 Å². The number of hydrogen-bond acceptors (Lipinski definition) is 4. The second-order valence-electron chi connectivity index (χ2n) is 8.32. The first-order valence-electron chi connectivity index (χ1n) is 10.7. The summed E-state index contributed by atoms with van der Waals surface area (Å²) in [5.74, 6) is -1.17. The van der Waals surface area contributed by atoms with E-state index in [9.17, 15) is 14.4 Å². The van der Waals surface area contributed by atoms with Crippen molar-refractivity contribution in [1.82, 2.24) is 0 Å². The van der Waals surface area contributed by atoms with Gasteiger partial charge in [0, 0.05) is 17.2 Å². The fourth-order valence-electron chi connectivity index (χ4n) is 5.06. The van der Waals surface area contributed by atoms with Crippen LogP contribution in [0.25, 0.3) is 0 Å². The van der Waals surface area contributed by atoms with Gasteiger partial charge in [-0.15, -0.1) is 0 Å². The first kappa shape index (κ1) is 20.3. The Bertz CT molecular complexity index is 922. The lowest BCUT2D eigenvalue weighted by molar-refractivity contribution is -0.154. The molecular formula is C25H27NO4. The Labute approximate surface area is 176 Å². The maximum absolute atomic E-state index is 13.1. The molecule has 2 aliphatic carbocycles. The molecule has 2 fully saturated rings. The van der Waals surface area contributed by atoms with Gasteiger partial charge in [-0.25, -0.2) is 0 Å². The number of ether oxygens (including phenoxy) is 1. The summed E-state index contributed by atoms with van der Waals surface area (Å²) >= 11 is 0. The number of hydrogen-bond donors (Lipinski definition) is 1. The van der Waals surface area contributed by atoms with Crippen LogP contribution in [0.3, 0.4) is 0 Å². The summed E-state index contributed by atoms with van der Waals surface area (Å²) in [5, 5.41) is 2.75. The molecule has 4 atom stereocenters. The van der Waals surface area contributed by atoms with Crippen molar-refractivity contribution in [3.05, 3.63) is 65.7 Å². The molecule has 2 aliphatic rings. The Balaban J connectivity index is 1.38. The van der Waals surface area contributed by atoms with Crippen molar-refractivity contribution in [2.75, 3.05) is 11.9 Å². The number of amides is 1. The van der Waals surface area contributed by atoms with E-state index in [4.69, 9.17) is 4.74 Å². The van der Waals surface area contributed by atoms with Crippen molar-refractivity contribution in [1.29, 1.82) is 0 Å². The number of ketones is 1. The smallest absolute Gasteiger partial charge is 0.310 e. The van der Waals surface area contributed by atoms with E-state index in [1.807, 2.05) is 42.5 Å².